The Balaban J connectivity index is 3.46. The Hall–Kier alpha value is -2.24. The summed E-state index contributed by atoms with van der Waals surface area (Å²) in [5.74, 6) is -0.127. The Kier molecular flexibility index (Phi) is 4.74. The van der Waals surface area contributed by atoms with Gasteiger partial charge in [-0.2, -0.15) is 0 Å². The van der Waals surface area contributed by atoms with E-state index in [1.54, 1.807) is 6.92 Å². The third kappa shape index (κ3) is 3.37. The summed E-state index contributed by atoms with van der Waals surface area (Å²) in [6, 6.07) is 1.50. The van der Waals surface area contributed by atoms with E-state index in [2.05, 4.69) is 0 Å². The van der Waals surface area contributed by atoms with Crippen LogP contribution in [0.3, 0.4) is 0 Å². The van der Waals surface area contributed by atoms with E-state index in [1.165, 1.54) is 34.1 Å². The summed E-state index contributed by atoms with van der Waals surface area (Å²) in [7, 11) is 2.85. The fourth-order valence-electron chi connectivity index (χ4n) is 1.59. The number of hydrogen-bond acceptors (Lipinski definition) is 6. The van der Waals surface area contributed by atoms with Crippen LogP contribution < -0.4 is 18.9 Å². The molecular weight excluding hydrogens is 252 g/mol. The van der Waals surface area contributed by atoms with Crippen LogP contribution in [-0.2, 0) is 9.59 Å². The van der Waals surface area contributed by atoms with E-state index in [9.17, 15) is 9.59 Å². The summed E-state index contributed by atoms with van der Waals surface area (Å²) < 4.78 is 20.4. The average molecular weight is 268 g/mol. The molecular formula is C13H16O6. The number of benzene rings is 1. The molecule has 0 bridgehead atoms. The van der Waals surface area contributed by atoms with Crippen LogP contribution in [0.5, 0.6) is 23.0 Å². The smallest absolute Gasteiger partial charge is 0.308 e. The van der Waals surface area contributed by atoms with Crippen molar-refractivity contribution in [2.75, 3.05) is 14.2 Å². The van der Waals surface area contributed by atoms with Crippen LogP contribution in [0.4, 0.5) is 0 Å². The molecule has 0 aliphatic carbocycles. The van der Waals surface area contributed by atoms with Crippen molar-refractivity contribution in [3.8, 4) is 23.0 Å². The van der Waals surface area contributed by atoms with Gasteiger partial charge >= 0.3 is 11.9 Å². The van der Waals surface area contributed by atoms with Crippen LogP contribution in [0, 0.1) is 6.92 Å². The fourth-order valence-corrected chi connectivity index (χ4v) is 1.59. The minimum absolute atomic E-state index is 0.133. The van der Waals surface area contributed by atoms with Gasteiger partial charge in [0.1, 0.15) is 5.75 Å². The molecule has 6 nitrogen and oxygen atoms in total. The number of carbonyl (C=O) groups is 2. The van der Waals surface area contributed by atoms with Gasteiger partial charge in [0.2, 0.25) is 5.75 Å². The van der Waals surface area contributed by atoms with Crippen molar-refractivity contribution in [1.29, 1.82) is 0 Å². The van der Waals surface area contributed by atoms with Crippen LogP contribution >= 0.6 is 0 Å². The lowest BCUT2D eigenvalue weighted by atomic mass is 10.1. The third-order valence-electron chi connectivity index (χ3n) is 2.33. The molecule has 104 valence electrons. The molecule has 0 spiro atoms. The van der Waals surface area contributed by atoms with E-state index in [0.29, 0.717) is 11.3 Å². The second-order valence-corrected chi connectivity index (χ2v) is 3.75. The van der Waals surface area contributed by atoms with E-state index < -0.39 is 11.9 Å². The molecule has 0 radical (unpaired) electrons. The Morgan fingerprint density at radius 1 is 0.895 bits per heavy atom. The summed E-state index contributed by atoms with van der Waals surface area (Å²) in [5.41, 5.74) is 0.574. The minimum Gasteiger partial charge on any atom is -0.496 e. The summed E-state index contributed by atoms with van der Waals surface area (Å²) in [5, 5.41) is 0. The normalized spacial score (nSPS) is 9.74. The fraction of sp³-hybridized carbons (Fsp3) is 0.385. The van der Waals surface area contributed by atoms with Gasteiger partial charge in [-0.15, -0.1) is 0 Å². The SMILES string of the molecule is COc1cc(OC(C)=O)c(OC)c(OC(C)=O)c1C. The molecule has 0 saturated carbocycles. The predicted molar refractivity (Wildman–Crippen MR) is 66.9 cm³/mol. The lowest BCUT2D eigenvalue weighted by Gasteiger charge is -2.17. The zero-order chi connectivity index (χ0) is 14.6. The van der Waals surface area contributed by atoms with Crippen molar-refractivity contribution in [2.45, 2.75) is 20.8 Å². The summed E-state index contributed by atoms with van der Waals surface area (Å²) >= 11 is 0. The van der Waals surface area contributed by atoms with E-state index in [1.807, 2.05) is 0 Å². The van der Waals surface area contributed by atoms with Crippen molar-refractivity contribution in [3.63, 3.8) is 0 Å². The lowest BCUT2D eigenvalue weighted by molar-refractivity contribution is -0.132. The Morgan fingerprint density at radius 3 is 1.89 bits per heavy atom. The van der Waals surface area contributed by atoms with Crippen molar-refractivity contribution in [2.24, 2.45) is 0 Å². The van der Waals surface area contributed by atoms with Crippen LogP contribution in [-0.4, -0.2) is 26.2 Å². The molecule has 19 heavy (non-hydrogen) atoms. The highest BCUT2D eigenvalue weighted by Gasteiger charge is 2.21. The second kappa shape index (κ2) is 6.08. The second-order valence-electron chi connectivity index (χ2n) is 3.75. The van der Waals surface area contributed by atoms with Crippen LogP contribution in [0.15, 0.2) is 6.07 Å². The van der Waals surface area contributed by atoms with Crippen LogP contribution in [0.25, 0.3) is 0 Å². The largest absolute Gasteiger partial charge is 0.496 e. The van der Waals surface area contributed by atoms with Gasteiger partial charge in [0.25, 0.3) is 0 Å². The quantitative estimate of drug-likeness (QED) is 0.613. The molecule has 0 fully saturated rings. The van der Waals surface area contributed by atoms with Gasteiger partial charge in [0.15, 0.2) is 11.5 Å². The standard InChI is InChI=1S/C13H16O6/c1-7-10(16-4)6-11(18-8(2)14)13(17-5)12(7)19-9(3)15/h6H,1-5H3. The maximum absolute atomic E-state index is 11.1. The molecule has 0 aromatic heterocycles. The average Bonchev–Trinajstić information content (AvgIpc) is 2.32. The number of hydrogen-bond donors (Lipinski definition) is 0. The first-order valence-corrected chi connectivity index (χ1v) is 5.53. The van der Waals surface area contributed by atoms with Gasteiger partial charge < -0.3 is 18.9 Å². The van der Waals surface area contributed by atoms with Gasteiger partial charge in [-0.25, -0.2) is 0 Å². The molecule has 1 aromatic rings. The van der Waals surface area contributed by atoms with Crippen molar-refractivity contribution < 1.29 is 28.5 Å². The van der Waals surface area contributed by atoms with Gasteiger partial charge in [-0.05, 0) is 6.92 Å². The van der Waals surface area contributed by atoms with Crippen LogP contribution in [0.2, 0.25) is 0 Å². The molecule has 0 unspecified atom stereocenters. The van der Waals surface area contributed by atoms with Crippen molar-refractivity contribution >= 4 is 11.9 Å². The van der Waals surface area contributed by atoms with Crippen molar-refractivity contribution in [1.82, 2.24) is 0 Å². The van der Waals surface area contributed by atoms with E-state index in [4.69, 9.17) is 18.9 Å². The van der Waals surface area contributed by atoms with E-state index in [-0.39, 0.29) is 17.2 Å². The van der Waals surface area contributed by atoms with Gasteiger partial charge in [-0.3, -0.25) is 9.59 Å². The van der Waals surface area contributed by atoms with Gasteiger partial charge in [0, 0.05) is 25.5 Å². The number of ether oxygens (including phenoxy) is 4. The van der Waals surface area contributed by atoms with Crippen molar-refractivity contribution in [3.05, 3.63) is 11.6 Å². The highest BCUT2D eigenvalue weighted by Crippen LogP contribution is 2.44. The lowest BCUT2D eigenvalue weighted by Crippen LogP contribution is -2.09. The zero-order valence-corrected chi connectivity index (χ0v) is 11.5. The first-order chi connectivity index (χ1) is 8.90. The Labute approximate surface area is 111 Å². The predicted octanol–water partition coefficient (Wildman–Crippen LogP) is 1.86. The first kappa shape index (κ1) is 14.8. The molecule has 0 saturated heterocycles. The summed E-state index contributed by atoms with van der Waals surface area (Å²) in [4.78, 5) is 22.2. The van der Waals surface area contributed by atoms with E-state index >= 15 is 0 Å². The molecule has 0 aliphatic heterocycles. The Morgan fingerprint density at radius 2 is 1.47 bits per heavy atom. The number of methoxy groups -OCH3 is 2. The first-order valence-electron chi connectivity index (χ1n) is 5.53. The molecule has 0 amide bonds. The molecule has 0 atom stereocenters. The number of rotatable bonds is 4. The molecule has 6 heteroatoms. The topological polar surface area (TPSA) is 71.1 Å². The molecule has 1 rings (SSSR count). The van der Waals surface area contributed by atoms with Gasteiger partial charge in [0.05, 0.1) is 14.2 Å². The molecule has 0 aliphatic rings. The summed E-state index contributed by atoms with van der Waals surface area (Å²) in [6.07, 6.45) is 0. The molecule has 1 aromatic carbocycles. The number of carbonyl (C=O) groups excluding carboxylic acids is 2. The zero-order valence-electron chi connectivity index (χ0n) is 11.5. The highest BCUT2D eigenvalue weighted by atomic mass is 16.6. The van der Waals surface area contributed by atoms with Crippen LogP contribution in [0.1, 0.15) is 19.4 Å². The van der Waals surface area contributed by atoms with Gasteiger partial charge in [-0.1, -0.05) is 0 Å². The minimum atomic E-state index is -0.516. The highest BCUT2D eigenvalue weighted by molar-refractivity contribution is 5.76. The monoisotopic (exact) mass is 268 g/mol. The Bertz CT molecular complexity index is 506. The number of esters is 2. The van der Waals surface area contributed by atoms with E-state index in [0.717, 1.165) is 0 Å². The molecule has 0 N–H and O–H groups in total. The maximum atomic E-state index is 11.1. The summed E-state index contributed by atoms with van der Waals surface area (Å²) in [6.45, 7) is 4.23. The molecule has 0 heterocycles. The maximum Gasteiger partial charge on any atom is 0.308 e. The third-order valence-corrected chi connectivity index (χ3v) is 2.33.